The lowest BCUT2D eigenvalue weighted by Gasteiger charge is -2.13. The maximum absolute atomic E-state index is 12.2. The SMILES string of the molecule is Cc1ccc2nc(NC(=O)[C@H](C)Oc3ccccc3)sc2c1. The molecule has 1 N–H and O–H groups in total. The van der Waals surface area contributed by atoms with E-state index in [0.29, 0.717) is 10.9 Å². The van der Waals surface area contributed by atoms with Crippen LogP contribution >= 0.6 is 11.3 Å². The second-order valence-electron chi connectivity index (χ2n) is 5.05. The van der Waals surface area contributed by atoms with E-state index in [0.717, 1.165) is 10.2 Å². The van der Waals surface area contributed by atoms with Gasteiger partial charge in [-0.3, -0.25) is 10.1 Å². The number of carbonyl (C=O) groups is 1. The third-order valence-corrected chi connectivity index (χ3v) is 4.13. The molecule has 3 rings (SSSR count). The van der Waals surface area contributed by atoms with Gasteiger partial charge in [-0.25, -0.2) is 4.98 Å². The molecule has 4 nitrogen and oxygen atoms in total. The van der Waals surface area contributed by atoms with Crippen LogP contribution in [-0.4, -0.2) is 17.0 Å². The number of anilines is 1. The lowest BCUT2D eigenvalue weighted by molar-refractivity contribution is -0.122. The van der Waals surface area contributed by atoms with E-state index in [4.69, 9.17) is 4.74 Å². The zero-order chi connectivity index (χ0) is 15.5. The van der Waals surface area contributed by atoms with Crippen LogP contribution in [0.25, 0.3) is 10.2 Å². The summed E-state index contributed by atoms with van der Waals surface area (Å²) in [6.45, 7) is 3.76. The highest BCUT2D eigenvalue weighted by atomic mass is 32.1. The van der Waals surface area contributed by atoms with Crippen molar-refractivity contribution in [3.63, 3.8) is 0 Å². The molecule has 1 heterocycles. The Labute approximate surface area is 132 Å². The first-order valence-electron chi connectivity index (χ1n) is 7.01. The monoisotopic (exact) mass is 312 g/mol. The topological polar surface area (TPSA) is 51.2 Å². The zero-order valence-corrected chi connectivity index (χ0v) is 13.2. The molecular formula is C17H16N2O2S. The number of aryl methyl sites for hydroxylation is 1. The first kappa shape index (κ1) is 14.5. The van der Waals surface area contributed by atoms with Crippen molar-refractivity contribution < 1.29 is 9.53 Å². The molecule has 0 aliphatic rings. The van der Waals surface area contributed by atoms with E-state index in [2.05, 4.69) is 16.4 Å². The lowest BCUT2D eigenvalue weighted by atomic mass is 10.2. The zero-order valence-electron chi connectivity index (χ0n) is 12.4. The van der Waals surface area contributed by atoms with Gasteiger partial charge >= 0.3 is 0 Å². The molecule has 0 radical (unpaired) electrons. The predicted octanol–water partition coefficient (Wildman–Crippen LogP) is 4.01. The number of ether oxygens (including phenoxy) is 1. The van der Waals surface area contributed by atoms with Gasteiger partial charge in [0, 0.05) is 0 Å². The number of aromatic nitrogens is 1. The molecule has 0 saturated heterocycles. The minimum absolute atomic E-state index is 0.209. The Kier molecular flexibility index (Phi) is 4.06. The molecule has 0 fully saturated rings. The average molecular weight is 312 g/mol. The molecule has 112 valence electrons. The summed E-state index contributed by atoms with van der Waals surface area (Å²) in [5.74, 6) is 0.463. The van der Waals surface area contributed by atoms with Gasteiger partial charge < -0.3 is 4.74 Å². The van der Waals surface area contributed by atoms with Crippen molar-refractivity contribution in [3.8, 4) is 5.75 Å². The first-order chi connectivity index (χ1) is 10.6. The predicted molar refractivity (Wildman–Crippen MR) is 89.5 cm³/mol. The molecule has 1 atom stereocenters. The number of para-hydroxylation sites is 1. The third-order valence-electron chi connectivity index (χ3n) is 3.20. The molecule has 1 amide bonds. The van der Waals surface area contributed by atoms with Crippen LogP contribution in [0.3, 0.4) is 0 Å². The highest BCUT2D eigenvalue weighted by molar-refractivity contribution is 7.22. The van der Waals surface area contributed by atoms with Crippen molar-refractivity contribution in [3.05, 3.63) is 54.1 Å². The maximum atomic E-state index is 12.2. The van der Waals surface area contributed by atoms with Gasteiger partial charge in [0.15, 0.2) is 11.2 Å². The van der Waals surface area contributed by atoms with Crippen LogP contribution in [0.2, 0.25) is 0 Å². The van der Waals surface area contributed by atoms with Crippen LogP contribution < -0.4 is 10.1 Å². The van der Waals surface area contributed by atoms with Crippen molar-refractivity contribution in [2.45, 2.75) is 20.0 Å². The highest BCUT2D eigenvalue weighted by Crippen LogP contribution is 2.26. The van der Waals surface area contributed by atoms with Gasteiger partial charge in [0.05, 0.1) is 10.2 Å². The van der Waals surface area contributed by atoms with E-state index in [9.17, 15) is 4.79 Å². The third kappa shape index (κ3) is 3.26. The number of fused-ring (bicyclic) bond motifs is 1. The Hall–Kier alpha value is -2.40. The van der Waals surface area contributed by atoms with Crippen LogP contribution in [0.1, 0.15) is 12.5 Å². The fourth-order valence-electron chi connectivity index (χ4n) is 2.05. The number of thiazole rings is 1. The summed E-state index contributed by atoms with van der Waals surface area (Å²) in [6.07, 6.45) is -0.587. The summed E-state index contributed by atoms with van der Waals surface area (Å²) >= 11 is 1.46. The summed E-state index contributed by atoms with van der Waals surface area (Å²) in [5.41, 5.74) is 2.07. The Morgan fingerprint density at radius 1 is 1.23 bits per heavy atom. The van der Waals surface area contributed by atoms with Crippen LogP contribution in [0.4, 0.5) is 5.13 Å². The number of rotatable bonds is 4. The van der Waals surface area contributed by atoms with Crippen molar-refractivity contribution >= 4 is 32.6 Å². The number of hydrogen-bond donors (Lipinski definition) is 1. The second-order valence-corrected chi connectivity index (χ2v) is 6.08. The molecule has 22 heavy (non-hydrogen) atoms. The second kappa shape index (κ2) is 6.15. The fourth-order valence-corrected chi connectivity index (χ4v) is 3.02. The number of carbonyl (C=O) groups excluding carboxylic acids is 1. The number of nitrogens with zero attached hydrogens (tertiary/aromatic N) is 1. The van der Waals surface area contributed by atoms with Gasteiger partial charge in [-0.1, -0.05) is 35.6 Å². The molecule has 0 saturated carbocycles. The molecule has 1 aromatic heterocycles. The molecule has 0 aliphatic heterocycles. The molecule has 0 bridgehead atoms. The maximum Gasteiger partial charge on any atom is 0.266 e. The van der Waals surface area contributed by atoms with E-state index in [-0.39, 0.29) is 5.91 Å². The van der Waals surface area contributed by atoms with E-state index < -0.39 is 6.10 Å². The Morgan fingerprint density at radius 3 is 2.77 bits per heavy atom. The van der Waals surface area contributed by atoms with E-state index >= 15 is 0 Å². The van der Waals surface area contributed by atoms with Gasteiger partial charge in [0.1, 0.15) is 5.75 Å². The van der Waals surface area contributed by atoms with Gasteiger partial charge in [-0.2, -0.15) is 0 Å². The normalized spacial score (nSPS) is 12.1. The van der Waals surface area contributed by atoms with Gasteiger partial charge in [-0.15, -0.1) is 0 Å². The fraction of sp³-hybridized carbons (Fsp3) is 0.176. The van der Waals surface area contributed by atoms with Crippen molar-refractivity contribution in [2.24, 2.45) is 0 Å². The minimum atomic E-state index is -0.587. The summed E-state index contributed by atoms with van der Waals surface area (Å²) in [6, 6.07) is 15.3. The highest BCUT2D eigenvalue weighted by Gasteiger charge is 2.16. The summed E-state index contributed by atoms with van der Waals surface area (Å²) in [5, 5.41) is 3.41. The van der Waals surface area contributed by atoms with Crippen molar-refractivity contribution in [1.82, 2.24) is 4.98 Å². The molecule has 0 spiro atoms. The van der Waals surface area contributed by atoms with Crippen molar-refractivity contribution in [1.29, 1.82) is 0 Å². The molecule has 2 aromatic carbocycles. The van der Waals surface area contributed by atoms with Gasteiger partial charge in [0.2, 0.25) is 0 Å². The quantitative estimate of drug-likeness (QED) is 0.792. The Bertz CT molecular complexity index is 799. The minimum Gasteiger partial charge on any atom is -0.481 e. The summed E-state index contributed by atoms with van der Waals surface area (Å²) in [4.78, 5) is 16.6. The van der Waals surface area contributed by atoms with Crippen LogP contribution in [0.5, 0.6) is 5.75 Å². The van der Waals surface area contributed by atoms with E-state index in [1.165, 1.54) is 16.9 Å². The molecule has 0 aliphatic carbocycles. The first-order valence-corrected chi connectivity index (χ1v) is 7.83. The number of hydrogen-bond acceptors (Lipinski definition) is 4. The lowest BCUT2D eigenvalue weighted by Crippen LogP contribution is -2.30. The van der Waals surface area contributed by atoms with Crippen LogP contribution in [0.15, 0.2) is 48.5 Å². The molecule has 3 aromatic rings. The summed E-state index contributed by atoms with van der Waals surface area (Å²) < 4.78 is 6.67. The van der Waals surface area contributed by atoms with E-state index in [1.54, 1.807) is 6.92 Å². The van der Waals surface area contributed by atoms with Gasteiger partial charge in [-0.05, 0) is 43.7 Å². The molecule has 5 heteroatoms. The summed E-state index contributed by atoms with van der Waals surface area (Å²) in [7, 11) is 0. The Morgan fingerprint density at radius 2 is 2.00 bits per heavy atom. The number of benzene rings is 2. The van der Waals surface area contributed by atoms with Gasteiger partial charge in [0.25, 0.3) is 5.91 Å². The molecular weight excluding hydrogens is 296 g/mol. The Balaban J connectivity index is 1.69. The number of amides is 1. The van der Waals surface area contributed by atoms with Crippen LogP contribution in [-0.2, 0) is 4.79 Å². The van der Waals surface area contributed by atoms with Crippen molar-refractivity contribution in [2.75, 3.05) is 5.32 Å². The smallest absolute Gasteiger partial charge is 0.266 e. The average Bonchev–Trinajstić information content (AvgIpc) is 2.89. The van der Waals surface area contributed by atoms with E-state index in [1.807, 2.05) is 49.4 Å². The standard InChI is InChI=1S/C17H16N2O2S/c1-11-8-9-14-15(10-11)22-17(18-14)19-16(20)12(2)21-13-6-4-3-5-7-13/h3-10,12H,1-2H3,(H,18,19,20)/t12-/m0/s1. The number of nitrogens with one attached hydrogen (secondary N) is 1. The molecule has 0 unspecified atom stereocenters. The largest absolute Gasteiger partial charge is 0.481 e. The van der Waals surface area contributed by atoms with Crippen LogP contribution in [0, 0.1) is 6.92 Å².